The highest BCUT2D eigenvalue weighted by Gasteiger charge is 2.55. The minimum atomic E-state index is -4.26. The van der Waals surface area contributed by atoms with Gasteiger partial charge < -0.3 is 4.90 Å². The molecular weight excluding hydrogens is 231 g/mol. The summed E-state index contributed by atoms with van der Waals surface area (Å²) in [7, 11) is 0. The molecule has 0 aromatic carbocycles. The molecule has 0 aromatic heterocycles. The lowest BCUT2D eigenvalue weighted by atomic mass is 9.88. The number of hydrogen-bond acceptors (Lipinski definition) is 1. The Labute approximate surface area is 91.4 Å². The molecule has 1 aliphatic rings. The average molecular weight is 244 g/mol. The van der Waals surface area contributed by atoms with Crippen molar-refractivity contribution < 1.29 is 18.0 Å². The van der Waals surface area contributed by atoms with Gasteiger partial charge in [0.2, 0.25) is 5.91 Å². The largest absolute Gasteiger partial charge is 0.394 e. The van der Waals surface area contributed by atoms with Crippen LogP contribution in [0, 0.1) is 5.92 Å². The van der Waals surface area contributed by atoms with E-state index in [0.717, 1.165) is 0 Å². The predicted molar refractivity (Wildman–Crippen MR) is 50.7 cm³/mol. The van der Waals surface area contributed by atoms with Crippen molar-refractivity contribution >= 4 is 17.5 Å². The van der Waals surface area contributed by atoms with E-state index in [2.05, 4.69) is 0 Å². The van der Waals surface area contributed by atoms with Crippen LogP contribution in [0.2, 0.25) is 0 Å². The first-order valence-electron chi connectivity index (χ1n) is 4.64. The molecule has 2 nitrogen and oxygen atoms in total. The maximum Gasteiger partial charge on any atom is 0.394 e. The third kappa shape index (κ3) is 2.22. The fraction of sp³-hybridized carbons (Fsp3) is 0.889. The van der Waals surface area contributed by atoms with Crippen molar-refractivity contribution in [3.63, 3.8) is 0 Å². The van der Waals surface area contributed by atoms with Crippen molar-refractivity contribution in [2.45, 2.75) is 32.0 Å². The molecule has 0 bridgehead atoms. The highest BCUT2D eigenvalue weighted by atomic mass is 35.5. The Balaban J connectivity index is 2.90. The zero-order chi connectivity index (χ0) is 11.9. The minimum absolute atomic E-state index is 0.0425. The van der Waals surface area contributed by atoms with Crippen molar-refractivity contribution in [1.82, 2.24) is 4.90 Å². The van der Waals surface area contributed by atoms with Crippen LogP contribution >= 0.6 is 11.6 Å². The van der Waals surface area contributed by atoms with Gasteiger partial charge in [-0.3, -0.25) is 4.79 Å². The summed E-state index contributed by atoms with van der Waals surface area (Å²) in [5.41, 5.74) is -1.19. The third-order valence-corrected chi connectivity index (χ3v) is 3.23. The van der Waals surface area contributed by atoms with Crippen molar-refractivity contribution in [2.75, 3.05) is 12.4 Å². The van der Waals surface area contributed by atoms with Crippen LogP contribution < -0.4 is 0 Å². The van der Waals surface area contributed by atoms with Crippen LogP contribution in [0.3, 0.4) is 0 Å². The number of nitrogens with zero attached hydrogens (tertiary/aromatic N) is 1. The normalized spacial score (nSPS) is 25.7. The van der Waals surface area contributed by atoms with E-state index in [1.807, 2.05) is 0 Å². The van der Waals surface area contributed by atoms with Crippen LogP contribution in [0.25, 0.3) is 0 Å². The molecule has 6 heteroatoms. The van der Waals surface area contributed by atoms with Crippen molar-refractivity contribution in [2.24, 2.45) is 5.92 Å². The monoisotopic (exact) mass is 243 g/mol. The van der Waals surface area contributed by atoms with Gasteiger partial charge >= 0.3 is 6.18 Å². The van der Waals surface area contributed by atoms with Crippen LogP contribution in [0.1, 0.15) is 20.3 Å². The molecule has 0 radical (unpaired) electrons. The summed E-state index contributed by atoms with van der Waals surface area (Å²) in [5, 5.41) is 0. The maximum absolute atomic E-state index is 12.6. The van der Waals surface area contributed by atoms with E-state index in [1.165, 1.54) is 18.7 Å². The summed E-state index contributed by atoms with van der Waals surface area (Å²) in [5.74, 6) is -2.17. The van der Waals surface area contributed by atoms with Crippen LogP contribution in [0.4, 0.5) is 13.2 Å². The number of rotatable bonds is 1. The van der Waals surface area contributed by atoms with E-state index in [9.17, 15) is 18.0 Å². The van der Waals surface area contributed by atoms with Crippen LogP contribution in [0.5, 0.6) is 0 Å². The number of halogens is 4. The van der Waals surface area contributed by atoms with Crippen LogP contribution in [-0.4, -0.2) is 34.9 Å². The minimum Gasteiger partial charge on any atom is -0.336 e. The van der Waals surface area contributed by atoms with E-state index in [1.54, 1.807) is 0 Å². The molecule has 1 atom stereocenters. The second-order valence-corrected chi connectivity index (χ2v) is 4.48. The molecule has 1 heterocycles. The number of carbonyl (C=O) groups is 1. The molecular formula is C9H13ClF3NO. The lowest BCUT2D eigenvalue weighted by molar-refractivity contribution is -0.192. The SMILES string of the molecule is CC1(C)C(C(F)(F)F)CCN1C(=O)CCl. The molecule has 1 rings (SSSR count). The first kappa shape index (κ1) is 12.6. The molecule has 1 unspecified atom stereocenters. The van der Waals surface area contributed by atoms with Crippen LogP contribution in [0.15, 0.2) is 0 Å². The van der Waals surface area contributed by atoms with Crippen molar-refractivity contribution in [1.29, 1.82) is 0 Å². The summed E-state index contributed by atoms with van der Waals surface area (Å²) in [6.45, 7) is 2.99. The number of amides is 1. The van der Waals surface area contributed by atoms with Gasteiger partial charge in [0, 0.05) is 12.1 Å². The number of carbonyl (C=O) groups excluding carboxylic acids is 1. The second kappa shape index (κ2) is 3.85. The number of likely N-dealkylation sites (tertiary alicyclic amines) is 1. The molecule has 1 amide bonds. The molecule has 88 valence electrons. The number of hydrogen-bond donors (Lipinski definition) is 0. The predicted octanol–water partition coefficient (Wildman–Crippen LogP) is 2.41. The number of alkyl halides is 4. The maximum atomic E-state index is 12.6. The Hall–Kier alpha value is -0.450. The van der Waals surface area contributed by atoms with E-state index >= 15 is 0 Å². The molecule has 1 aliphatic heterocycles. The molecule has 15 heavy (non-hydrogen) atoms. The Morgan fingerprint density at radius 2 is 2.07 bits per heavy atom. The van der Waals surface area contributed by atoms with Gasteiger partial charge in [-0.25, -0.2) is 0 Å². The van der Waals surface area contributed by atoms with Crippen molar-refractivity contribution in [3.8, 4) is 0 Å². The fourth-order valence-electron chi connectivity index (χ4n) is 2.17. The van der Waals surface area contributed by atoms with E-state index < -0.39 is 23.5 Å². The summed E-state index contributed by atoms with van der Waals surface area (Å²) < 4.78 is 37.9. The van der Waals surface area contributed by atoms with Gasteiger partial charge in [0.25, 0.3) is 0 Å². The van der Waals surface area contributed by atoms with Gasteiger partial charge in [-0.2, -0.15) is 13.2 Å². The fourth-order valence-corrected chi connectivity index (χ4v) is 2.31. The standard InChI is InChI=1S/C9H13ClF3NO/c1-8(2)6(9(11,12)13)3-4-14(8)7(15)5-10/h6H,3-5H2,1-2H3. The smallest absolute Gasteiger partial charge is 0.336 e. The Morgan fingerprint density at radius 1 is 1.53 bits per heavy atom. The summed E-state index contributed by atoms with van der Waals surface area (Å²) in [6.07, 6.45) is -4.30. The topological polar surface area (TPSA) is 20.3 Å². The van der Waals surface area contributed by atoms with Gasteiger partial charge in [0.05, 0.1) is 5.92 Å². The van der Waals surface area contributed by atoms with E-state index in [-0.39, 0.29) is 18.8 Å². The Morgan fingerprint density at radius 3 is 2.40 bits per heavy atom. The average Bonchev–Trinajstić information content (AvgIpc) is 2.38. The van der Waals surface area contributed by atoms with Gasteiger partial charge in [0.1, 0.15) is 5.88 Å². The summed E-state index contributed by atoms with van der Waals surface area (Å²) >= 11 is 5.35. The first-order chi connectivity index (χ1) is 6.71. The van der Waals surface area contributed by atoms with E-state index in [0.29, 0.717) is 0 Å². The molecule has 0 spiro atoms. The zero-order valence-electron chi connectivity index (χ0n) is 8.57. The second-order valence-electron chi connectivity index (χ2n) is 4.22. The molecule has 0 saturated carbocycles. The highest BCUT2D eigenvalue weighted by molar-refractivity contribution is 6.27. The third-order valence-electron chi connectivity index (χ3n) is 3.00. The first-order valence-corrected chi connectivity index (χ1v) is 5.18. The Bertz CT molecular complexity index is 265. The summed E-state index contributed by atoms with van der Waals surface area (Å²) in [4.78, 5) is 12.5. The van der Waals surface area contributed by atoms with E-state index in [4.69, 9.17) is 11.6 Å². The molecule has 0 N–H and O–H groups in total. The molecule has 1 saturated heterocycles. The summed E-state index contributed by atoms with van der Waals surface area (Å²) in [6, 6.07) is 0. The van der Waals surface area contributed by atoms with Crippen LogP contribution in [-0.2, 0) is 4.79 Å². The quantitative estimate of drug-likeness (QED) is 0.648. The Kier molecular flexibility index (Phi) is 3.24. The lowest BCUT2D eigenvalue weighted by Gasteiger charge is -2.36. The lowest BCUT2D eigenvalue weighted by Crippen LogP contribution is -2.50. The molecule has 0 aromatic rings. The van der Waals surface area contributed by atoms with Gasteiger partial charge in [-0.15, -0.1) is 11.6 Å². The highest BCUT2D eigenvalue weighted by Crippen LogP contribution is 2.44. The zero-order valence-corrected chi connectivity index (χ0v) is 9.32. The molecule has 1 fully saturated rings. The van der Waals surface area contributed by atoms with Gasteiger partial charge in [0.15, 0.2) is 0 Å². The van der Waals surface area contributed by atoms with Gasteiger partial charge in [-0.05, 0) is 20.3 Å². The van der Waals surface area contributed by atoms with Crippen molar-refractivity contribution in [3.05, 3.63) is 0 Å². The van der Waals surface area contributed by atoms with Gasteiger partial charge in [-0.1, -0.05) is 0 Å². The molecule has 0 aliphatic carbocycles.